The SMILES string of the molecule is CC/C=C\C/C=C\C/C=C\C/C=C\C/C=C\C/C=C\C/C=C\C/C=C\C/C=C\C/C=C\CCCCCCCCCCCCC(=O)OC(COC(=O)CCCCCCCCCCCCCCCCCC/C=C\C/C=C\C/C=C\C/C=C\CC)COC(OCC[N+](C)(C)C)C(=O)O. The molecule has 0 aliphatic rings. The van der Waals surface area contributed by atoms with E-state index in [4.69, 9.17) is 18.9 Å². The third kappa shape index (κ3) is 75.9. The smallest absolute Gasteiger partial charge is 0.361 e. The van der Waals surface area contributed by atoms with Crippen LogP contribution >= 0.6 is 0 Å². The lowest BCUT2D eigenvalue weighted by molar-refractivity contribution is -0.870. The average Bonchev–Trinajstić information content (AvgIpc) is 3.54. The molecule has 0 aliphatic heterocycles. The molecule has 0 radical (unpaired) electrons. The van der Waals surface area contributed by atoms with E-state index in [-0.39, 0.29) is 32.2 Å². The number of nitrogens with zero attached hydrogens (tertiary/aromatic N) is 1. The highest BCUT2D eigenvalue weighted by Gasteiger charge is 2.25. The summed E-state index contributed by atoms with van der Waals surface area (Å²) in [5, 5.41) is 9.77. The number of carbonyl (C=O) groups excluding carboxylic acids is 2. The van der Waals surface area contributed by atoms with Gasteiger partial charge >= 0.3 is 17.9 Å². The molecule has 0 fully saturated rings. The minimum atomic E-state index is -1.52. The fraction of sp³-hybridized carbons (Fsp3) is 0.640. The zero-order chi connectivity index (χ0) is 69.0. The van der Waals surface area contributed by atoms with Gasteiger partial charge in [0.1, 0.15) is 13.2 Å². The Morgan fingerprint density at radius 3 is 0.842 bits per heavy atom. The number of rotatable bonds is 69. The normalized spacial score (nSPS) is 13.7. The van der Waals surface area contributed by atoms with Crippen LogP contribution in [-0.4, -0.2) is 87.4 Å². The molecule has 0 spiro atoms. The molecule has 1 N–H and O–H groups in total. The van der Waals surface area contributed by atoms with Crippen molar-refractivity contribution in [3.63, 3.8) is 0 Å². The van der Waals surface area contributed by atoms with E-state index in [0.717, 1.165) is 135 Å². The van der Waals surface area contributed by atoms with Gasteiger partial charge in [0.2, 0.25) is 0 Å². The molecule has 95 heavy (non-hydrogen) atoms. The van der Waals surface area contributed by atoms with Crippen molar-refractivity contribution in [2.45, 2.75) is 309 Å². The molecule has 0 aromatic rings. The van der Waals surface area contributed by atoms with Gasteiger partial charge in [0.25, 0.3) is 6.29 Å². The van der Waals surface area contributed by atoms with Crippen LogP contribution in [0.2, 0.25) is 0 Å². The summed E-state index contributed by atoms with van der Waals surface area (Å²) in [5.41, 5.74) is 0. The van der Waals surface area contributed by atoms with Crippen LogP contribution in [0.15, 0.2) is 170 Å². The van der Waals surface area contributed by atoms with Gasteiger partial charge < -0.3 is 28.5 Å². The van der Waals surface area contributed by atoms with Gasteiger partial charge in [0, 0.05) is 12.8 Å². The largest absolute Gasteiger partial charge is 0.477 e. The first-order valence-corrected chi connectivity index (χ1v) is 38.3. The molecule has 9 heteroatoms. The van der Waals surface area contributed by atoms with Gasteiger partial charge in [-0.25, -0.2) is 4.79 Å². The van der Waals surface area contributed by atoms with Crippen molar-refractivity contribution in [1.82, 2.24) is 0 Å². The maximum atomic E-state index is 13.0. The molecule has 0 aromatic heterocycles. The predicted octanol–water partition coefficient (Wildman–Crippen LogP) is 24.6. The highest BCUT2D eigenvalue weighted by molar-refractivity contribution is 5.71. The number of likely N-dealkylation sites (N-methyl/N-ethyl adjacent to an activating group) is 1. The van der Waals surface area contributed by atoms with E-state index < -0.39 is 24.3 Å². The quantitative estimate of drug-likeness (QED) is 0.0211. The maximum absolute atomic E-state index is 13.0. The molecule has 0 aliphatic carbocycles. The minimum absolute atomic E-state index is 0.180. The zero-order valence-electron chi connectivity index (χ0n) is 61.5. The third-order valence-corrected chi connectivity index (χ3v) is 16.0. The van der Waals surface area contributed by atoms with Crippen molar-refractivity contribution in [3.05, 3.63) is 170 Å². The Kier molecular flexibility index (Phi) is 70.2. The second kappa shape index (κ2) is 74.4. The summed E-state index contributed by atoms with van der Waals surface area (Å²) < 4.78 is 23.0. The Balaban J connectivity index is 4.12. The summed E-state index contributed by atoms with van der Waals surface area (Å²) in [5.74, 6) is -2.01. The molecule has 0 heterocycles. The summed E-state index contributed by atoms with van der Waals surface area (Å²) in [6, 6.07) is 0. The van der Waals surface area contributed by atoms with Crippen LogP contribution < -0.4 is 0 Å². The Morgan fingerprint density at radius 2 is 0.568 bits per heavy atom. The van der Waals surface area contributed by atoms with Crippen LogP contribution in [0, 0.1) is 0 Å². The first-order chi connectivity index (χ1) is 46.6. The highest BCUT2D eigenvalue weighted by atomic mass is 16.7. The van der Waals surface area contributed by atoms with Crippen molar-refractivity contribution in [2.75, 3.05) is 47.5 Å². The van der Waals surface area contributed by atoms with Crippen molar-refractivity contribution in [1.29, 1.82) is 0 Å². The molecule has 9 nitrogen and oxygen atoms in total. The number of carboxylic acid groups (broad SMARTS) is 1. The predicted molar refractivity (Wildman–Crippen MR) is 410 cm³/mol. The maximum Gasteiger partial charge on any atom is 0.361 e. The molecule has 2 unspecified atom stereocenters. The molecule has 0 aromatic carbocycles. The van der Waals surface area contributed by atoms with Crippen molar-refractivity contribution in [3.8, 4) is 0 Å². The number of carboxylic acids is 1. The molecule has 538 valence electrons. The number of quaternary nitrogens is 1. The fourth-order valence-electron chi connectivity index (χ4n) is 10.2. The number of carbonyl (C=O) groups is 3. The lowest BCUT2D eigenvalue weighted by Gasteiger charge is -2.25. The van der Waals surface area contributed by atoms with Crippen molar-refractivity contribution in [2.24, 2.45) is 0 Å². The molecule has 0 saturated carbocycles. The van der Waals surface area contributed by atoms with Crippen LogP contribution in [0.5, 0.6) is 0 Å². The molecule has 2 atom stereocenters. The Bertz CT molecular complexity index is 2170. The number of esters is 2. The number of hydrogen-bond donors (Lipinski definition) is 1. The van der Waals surface area contributed by atoms with E-state index in [1.165, 1.54) is 128 Å². The van der Waals surface area contributed by atoms with E-state index in [2.05, 4.69) is 184 Å². The van der Waals surface area contributed by atoms with Gasteiger partial charge in [0.05, 0.1) is 34.4 Å². The monoisotopic (exact) mass is 1320 g/mol. The second-order valence-corrected chi connectivity index (χ2v) is 26.2. The van der Waals surface area contributed by atoms with Gasteiger partial charge in [-0.3, -0.25) is 9.59 Å². The lowest BCUT2D eigenvalue weighted by Crippen LogP contribution is -2.40. The Labute approximate surface area is 584 Å². The summed E-state index contributed by atoms with van der Waals surface area (Å²) in [6.07, 6.45) is 109. The number of ether oxygens (including phenoxy) is 4. The number of unbranched alkanes of at least 4 members (excludes halogenated alkanes) is 26. The van der Waals surface area contributed by atoms with Crippen LogP contribution in [0.25, 0.3) is 0 Å². The van der Waals surface area contributed by atoms with Crippen molar-refractivity contribution < 1.29 is 42.9 Å². The second-order valence-electron chi connectivity index (χ2n) is 26.2. The number of hydrogen-bond acceptors (Lipinski definition) is 7. The van der Waals surface area contributed by atoms with Gasteiger partial charge in [-0.1, -0.05) is 325 Å². The van der Waals surface area contributed by atoms with Gasteiger partial charge in [0.15, 0.2) is 6.10 Å². The summed E-state index contributed by atoms with van der Waals surface area (Å²) in [6.45, 7) is 4.65. The highest BCUT2D eigenvalue weighted by Crippen LogP contribution is 2.17. The molecule has 0 rings (SSSR count). The summed E-state index contributed by atoms with van der Waals surface area (Å²) in [7, 11) is 5.97. The number of allylic oxidation sites excluding steroid dienone is 28. The summed E-state index contributed by atoms with van der Waals surface area (Å²) >= 11 is 0. The Hall–Kier alpha value is -5.35. The molecule has 0 bridgehead atoms. The van der Waals surface area contributed by atoms with Gasteiger partial charge in [-0.15, -0.1) is 0 Å². The fourth-order valence-corrected chi connectivity index (χ4v) is 10.2. The van der Waals surface area contributed by atoms with Crippen molar-refractivity contribution >= 4 is 17.9 Å². The van der Waals surface area contributed by atoms with E-state index in [1.54, 1.807) is 0 Å². The zero-order valence-corrected chi connectivity index (χ0v) is 61.5. The topological polar surface area (TPSA) is 108 Å². The van der Waals surface area contributed by atoms with Gasteiger partial charge in [-0.05, 0) is 128 Å². The van der Waals surface area contributed by atoms with E-state index in [9.17, 15) is 19.5 Å². The van der Waals surface area contributed by atoms with E-state index in [1.807, 2.05) is 21.1 Å². The van der Waals surface area contributed by atoms with E-state index in [0.29, 0.717) is 23.9 Å². The molecule has 0 amide bonds. The van der Waals surface area contributed by atoms with Crippen LogP contribution in [0.1, 0.15) is 296 Å². The average molecular weight is 1320 g/mol. The number of aliphatic carboxylic acids is 1. The standard InChI is InChI=1S/C86H141NO8/c1-6-8-10-12-14-16-18-20-22-24-26-28-30-32-34-36-37-38-39-40-41-42-43-44-45-46-47-49-51-53-55-57-59-61-63-65-67-69-71-73-75-77-84(89)95-82(81-94-86(85(90)91)92-79-78-87(3,4)5)80-93-83(88)76-74-72-70-68-66-64-62-60-58-56-54-52-50-48-35-33-31-29-27-25-23-21-19-17-15-13-11-9-7-2/h8-11,14-17,20-23,26-29,32,34,37-38,40-41,43-44,46-47,51,53,82,86H,6-7,12-13,18-19,24-25,30-31,33,35-36,39,42,45,48-50,52,54-81H2,1-5H3/p+1/b10-8-,11-9-,16-14-,17-15-,22-20-,23-21-,28-26-,29-27-,34-32-,38-37-,41-40-,44-43-,47-46-,53-51-. The summed E-state index contributed by atoms with van der Waals surface area (Å²) in [4.78, 5) is 37.7. The van der Waals surface area contributed by atoms with Crippen LogP contribution in [-0.2, 0) is 33.3 Å². The minimum Gasteiger partial charge on any atom is -0.477 e. The van der Waals surface area contributed by atoms with Crippen LogP contribution in [0.3, 0.4) is 0 Å². The first-order valence-electron chi connectivity index (χ1n) is 38.3. The van der Waals surface area contributed by atoms with Crippen LogP contribution in [0.4, 0.5) is 0 Å². The lowest BCUT2D eigenvalue weighted by atomic mass is 10.0. The molecular weight excluding hydrogens is 1170 g/mol. The van der Waals surface area contributed by atoms with E-state index >= 15 is 0 Å². The molecule has 0 saturated heterocycles. The van der Waals surface area contributed by atoms with Gasteiger partial charge in [-0.2, -0.15) is 0 Å². The Morgan fingerprint density at radius 1 is 0.316 bits per heavy atom. The third-order valence-electron chi connectivity index (χ3n) is 16.0. The first kappa shape index (κ1) is 89.6. The molecular formula is C86H142NO8+.